The summed E-state index contributed by atoms with van der Waals surface area (Å²) >= 11 is 0. The highest BCUT2D eigenvalue weighted by Crippen LogP contribution is 2.17. The number of nitriles is 1. The number of unbranched alkanes of at least 4 members (excludes halogenated alkanes) is 2. The summed E-state index contributed by atoms with van der Waals surface area (Å²) in [6.07, 6.45) is 2.77. The van der Waals surface area contributed by atoms with E-state index in [1.165, 1.54) is 18.2 Å². The van der Waals surface area contributed by atoms with Crippen LogP contribution in [0.25, 0.3) is 0 Å². The van der Waals surface area contributed by atoms with Crippen LogP contribution in [0.3, 0.4) is 0 Å². The first-order valence-corrected chi connectivity index (χ1v) is 7.29. The highest BCUT2D eigenvalue weighted by atomic mass is 32.2. The van der Waals surface area contributed by atoms with Gasteiger partial charge in [0.15, 0.2) is 0 Å². The quantitative estimate of drug-likeness (QED) is 0.604. The topological polar surface area (TPSA) is 96.0 Å². The summed E-state index contributed by atoms with van der Waals surface area (Å²) in [5.41, 5.74) is 5.96. The Kier molecular flexibility index (Phi) is 5.13. The zero-order valence-corrected chi connectivity index (χ0v) is 11.1. The van der Waals surface area contributed by atoms with Crippen molar-refractivity contribution < 1.29 is 8.42 Å². The van der Waals surface area contributed by atoms with Gasteiger partial charge in [0.1, 0.15) is 6.07 Å². The fourth-order valence-corrected chi connectivity index (χ4v) is 2.74. The number of rotatable bonds is 6. The van der Waals surface area contributed by atoms with Crippen LogP contribution < -0.4 is 10.5 Å². The fourth-order valence-electron chi connectivity index (χ4n) is 1.53. The molecule has 0 aliphatic rings. The lowest BCUT2D eigenvalue weighted by atomic mass is 10.2. The molecule has 0 heterocycles. The predicted octanol–water partition coefficient (Wildman–Crippen LogP) is 1.61. The van der Waals surface area contributed by atoms with Gasteiger partial charge >= 0.3 is 0 Å². The Bertz CT molecular complexity index is 547. The van der Waals surface area contributed by atoms with Gasteiger partial charge in [0, 0.05) is 12.2 Å². The number of nitrogens with zero attached hydrogens (tertiary/aromatic N) is 1. The van der Waals surface area contributed by atoms with Crippen LogP contribution in [0, 0.1) is 11.3 Å². The van der Waals surface area contributed by atoms with E-state index in [-0.39, 0.29) is 10.5 Å². The summed E-state index contributed by atoms with van der Waals surface area (Å²) in [6.45, 7) is 2.42. The van der Waals surface area contributed by atoms with Crippen molar-refractivity contribution in [2.24, 2.45) is 0 Å². The van der Waals surface area contributed by atoms with Gasteiger partial charge in [-0.1, -0.05) is 19.8 Å². The van der Waals surface area contributed by atoms with E-state index in [0.717, 1.165) is 19.3 Å². The summed E-state index contributed by atoms with van der Waals surface area (Å²) in [5.74, 6) is 0. The molecule has 98 valence electrons. The van der Waals surface area contributed by atoms with Gasteiger partial charge < -0.3 is 5.73 Å². The predicted molar refractivity (Wildman–Crippen MR) is 70.3 cm³/mol. The van der Waals surface area contributed by atoms with Gasteiger partial charge in [-0.2, -0.15) is 5.26 Å². The van der Waals surface area contributed by atoms with Gasteiger partial charge in [0.05, 0.1) is 10.5 Å². The molecule has 0 aliphatic carbocycles. The van der Waals surface area contributed by atoms with E-state index in [1.54, 1.807) is 0 Å². The number of benzene rings is 1. The normalized spacial score (nSPS) is 11.1. The molecule has 0 unspecified atom stereocenters. The van der Waals surface area contributed by atoms with Crippen LogP contribution in [0.15, 0.2) is 23.1 Å². The summed E-state index contributed by atoms with van der Waals surface area (Å²) in [5, 5.41) is 8.92. The minimum atomic E-state index is -3.63. The van der Waals surface area contributed by atoms with Crippen LogP contribution in [0.1, 0.15) is 31.7 Å². The van der Waals surface area contributed by atoms with E-state index in [9.17, 15) is 8.42 Å². The van der Waals surface area contributed by atoms with Crippen molar-refractivity contribution in [3.63, 3.8) is 0 Å². The lowest BCUT2D eigenvalue weighted by Crippen LogP contribution is -2.25. The van der Waals surface area contributed by atoms with E-state index in [2.05, 4.69) is 4.72 Å². The number of hydrogen-bond acceptors (Lipinski definition) is 4. The zero-order valence-electron chi connectivity index (χ0n) is 10.3. The summed E-state index contributed by atoms with van der Waals surface area (Å²) in [4.78, 5) is -0.0179. The Morgan fingerprint density at radius 3 is 2.72 bits per heavy atom. The van der Waals surface area contributed by atoms with E-state index in [4.69, 9.17) is 11.0 Å². The average Bonchev–Trinajstić information content (AvgIpc) is 2.34. The number of anilines is 1. The second-order valence-corrected chi connectivity index (χ2v) is 5.71. The monoisotopic (exact) mass is 267 g/mol. The number of nitrogens with one attached hydrogen (secondary N) is 1. The molecule has 1 aromatic carbocycles. The van der Waals surface area contributed by atoms with Gasteiger partial charge in [-0.3, -0.25) is 0 Å². The van der Waals surface area contributed by atoms with Crippen LogP contribution in [-0.2, 0) is 10.0 Å². The largest absolute Gasteiger partial charge is 0.399 e. The maximum absolute atomic E-state index is 12.0. The molecule has 0 bridgehead atoms. The molecule has 0 spiro atoms. The first-order valence-electron chi connectivity index (χ1n) is 5.80. The van der Waals surface area contributed by atoms with Crippen LogP contribution >= 0.6 is 0 Å². The zero-order chi connectivity index (χ0) is 13.6. The molecule has 0 aliphatic heterocycles. The van der Waals surface area contributed by atoms with E-state index in [1.807, 2.05) is 13.0 Å². The molecule has 1 rings (SSSR count). The Morgan fingerprint density at radius 2 is 2.11 bits per heavy atom. The molecule has 5 nitrogen and oxygen atoms in total. The molecule has 0 aromatic heterocycles. The third-order valence-corrected chi connectivity index (χ3v) is 4.01. The maximum atomic E-state index is 12.0. The molecule has 0 atom stereocenters. The van der Waals surface area contributed by atoms with E-state index >= 15 is 0 Å². The Balaban J connectivity index is 2.89. The van der Waals surface area contributed by atoms with Crippen LogP contribution in [0.4, 0.5) is 5.69 Å². The molecule has 1 aromatic rings. The molecule has 3 N–H and O–H groups in total. The van der Waals surface area contributed by atoms with Crippen molar-refractivity contribution in [1.82, 2.24) is 4.72 Å². The first-order chi connectivity index (χ1) is 8.51. The molecule has 18 heavy (non-hydrogen) atoms. The molecular weight excluding hydrogens is 250 g/mol. The second-order valence-electron chi connectivity index (χ2n) is 3.97. The van der Waals surface area contributed by atoms with E-state index < -0.39 is 10.0 Å². The number of nitrogens with two attached hydrogens (primary N) is 1. The van der Waals surface area contributed by atoms with Gasteiger partial charge in [0.2, 0.25) is 10.0 Å². The molecule has 0 saturated carbocycles. The molecule has 6 heteroatoms. The second kappa shape index (κ2) is 6.38. The molecular formula is C12H17N3O2S. The minimum Gasteiger partial charge on any atom is -0.399 e. The standard InChI is InChI=1S/C12H17N3O2S/c1-2-3-4-7-15-18(16,17)12-6-5-11(14)8-10(12)9-13/h5-6,8,15H,2-4,7,14H2,1H3. The Morgan fingerprint density at radius 1 is 1.39 bits per heavy atom. The van der Waals surface area contributed by atoms with Crippen LogP contribution in [0.2, 0.25) is 0 Å². The van der Waals surface area contributed by atoms with Crippen molar-refractivity contribution in [2.75, 3.05) is 12.3 Å². The number of nitrogen functional groups attached to an aromatic ring is 1. The average molecular weight is 267 g/mol. The van der Waals surface area contributed by atoms with Gasteiger partial charge in [0.25, 0.3) is 0 Å². The van der Waals surface area contributed by atoms with Gasteiger partial charge in [-0.15, -0.1) is 0 Å². The van der Waals surface area contributed by atoms with E-state index in [0.29, 0.717) is 12.2 Å². The lowest BCUT2D eigenvalue weighted by molar-refractivity contribution is 0.576. The van der Waals surface area contributed by atoms with Crippen molar-refractivity contribution >= 4 is 15.7 Å². The Hall–Kier alpha value is -1.58. The first kappa shape index (κ1) is 14.5. The molecule has 0 radical (unpaired) electrons. The minimum absolute atomic E-state index is 0.0179. The molecule has 0 amide bonds. The Labute approximate surface area is 108 Å². The van der Waals surface area contributed by atoms with Crippen molar-refractivity contribution in [3.8, 4) is 6.07 Å². The summed E-state index contributed by atoms with van der Waals surface area (Å²) < 4.78 is 26.5. The summed E-state index contributed by atoms with van der Waals surface area (Å²) in [7, 11) is -3.63. The number of hydrogen-bond donors (Lipinski definition) is 2. The van der Waals surface area contributed by atoms with Crippen molar-refractivity contribution in [3.05, 3.63) is 23.8 Å². The molecule has 0 fully saturated rings. The van der Waals surface area contributed by atoms with Crippen LogP contribution in [-0.4, -0.2) is 15.0 Å². The van der Waals surface area contributed by atoms with Crippen molar-refractivity contribution in [1.29, 1.82) is 5.26 Å². The van der Waals surface area contributed by atoms with Crippen LogP contribution in [0.5, 0.6) is 0 Å². The molecule has 0 saturated heterocycles. The third-order valence-electron chi connectivity index (χ3n) is 2.49. The highest BCUT2D eigenvalue weighted by Gasteiger charge is 2.17. The van der Waals surface area contributed by atoms with Crippen molar-refractivity contribution in [2.45, 2.75) is 31.1 Å². The third kappa shape index (κ3) is 3.72. The number of sulfonamides is 1. The maximum Gasteiger partial charge on any atom is 0.241 e. The van der Waals surface area contributed by atoms with Gasteiger partial charge in [-0.05, 0) is 24.6 Å². The van der Waals surface area contributed by atoms with Gasteiger partial charge in [-0.25, -0.2) is 13.1 Å². The lowest BCUT2D eigenvalue weighted by Gasteiger charge is -2.08. The SMILES string of the molecule is CCCCCNS(=O)(=O)c1ccc(N)cc1C#N. The highest BCUT2D eigenvalue weighted by molar-refractivity contribution is 7.89. The fraction of sp³-hybridized carbons (Fsp3) is 0.417. The smallest absolute Gasteiger partial charge is 0.241 e. The summed E-state index contributed by atoms with van der Waals surface area (Å²) in [6, 6.07) is 6.04.